The van der Waals surface area contributed by atoms with Crippen molar-refractivity contribution >= 4 is 12.1 Å². The normalized spacial score (nSPS) is 11.6. The van der Waals surface area contributed by atoms with Crippen LogP contribution in [0.15, 0.2) is 53.6 Å². The second-order valence-electron chi connectivity index (χ2n) is 6.44. The average molecular weight is 294 g/mol. The SMILES string of the molecule is Cc1cccc(C(=O)N/N=C/c2ccc(C(C)(C)C)cc2)c1. The largest absolute Gasteiger partial charge is 0.271 e. The molecule has 0 aliphatic rings. The van der Waals surface area contributed by atoms with E-state index in [1.54, 1.807) is 12.3 Å². The number of nitrogens with one attached hydrogen (secondary N) is 1. The van der Waals surface area contributed by atoms with E-state index in [0.29, 0.717) is 5.56 Å². The third-order valence-corrected chi connectivity index (χ3v) is 3.44. The number of hydrogen-bond donors (Lipinski definition) is 1. The van der Waals surface area contributed by atoms with Crippen molar-refractivity contribution in [2.75, 3.05) is 0 Å². The van der Waals surface area contributed by atoms with Gasteiger partial charge in [0.2, 0.25) is 0 Å². The highest BCUT2D eigenvalue weighted by Crippen LogP contribution is 2.21. The van der Waals surface area contributed by atoms with Crippen LogP contribution >= 0.6 is 0 Å². The summed E-state index contributed by atoms with van der Waals surface area (Å²) in [5, 5.41) is 4.01. The third kappa shape index (κ3) is 4.29. The van der Waals surface area contributed by atoms with Crippen LogP contribution in [0.25, 0.3) is 0 Å². The predicted molar refractivity (Wildman–Crippen MR) is 91.4 cm³/mol. The van der Waals surface area contributed by atoms with E-state index < -0.39 is 0 Å². The smallest absolute Gasteiger partial charge is 0.267 e. The molecule has 0 unspecified atom stereocenters. The first-order chi connectivity index (χ1) is 10.4. The van der Waals surface area contributed by atoms with Crippen LogP contribution in [0.3, 0.4) is 0 Å². The number of hydrogen-bond acceptors (Lipinski definition) is 2. The predicted octanol–water partition coefficient (Wildman–Crippen LogP) is 4.06. The molecule has 3 nitrogen and oxygen atoms in total. The first-order valence-electron chi connectivity index (χ1n) is 7.37. The van der Waals surface area contributed by atoms with Gasteiger partial charge in [-0.2, -0.15) is 5.10 Å². The number of carbonyl (C=O) groups is 1. The molecule has 1 amide bonds. The lowest BCUT2D eigenvalue weighted by molar-refractivity contribution is 0.0955. The van der Waals surface area contributed by atoms with Gasteiger partial charge >= 0.3 is 0 Å². The molecule has 0 spiro atoms. The molecular weight excluding hydrogens is 272 g/mol. The Labute approximate surface area is 132 Å². The van der Waals surface area contributed by atoms with Crippen molar-refractivity contribution < 1.29 is 4.79 Å². The Morgan fingerprint density at radius 3 is 2.36 bits per heavy atom. The Hall–Kier alpha value is -2.42. The first kappa shape index (κ1) is 16.0. The summed E-state index contributed by atoms with van der Waals surface area (Å²) >= 11 is 0. The lowest BCUT2D eigenvalue weighted by Crippen LogP contribution is -2.17. The molecule has 0 radical (unpaired) electrons. The van der Waals surface area contributed by atoms with Crippen LogP contribution in [0, 0.1) is 6.92 Å². The van der Waals surface area contributed by atoms with Gasteiger partial charge in [-0.15, -0.1) is 0 Å². The van der Waals surface area contributed by atoms with Crippen molar-refractivity contribution in [2.24, 2.45) is 5.10 Å². The number of aryl methyl sites for hydroxylation is 1. The van der Waals surface area contributed by atoms with Gasteiger partial charge in [-0.1, -0.05) is 62.7 Å². The average Bonchev–Trinajstić information content (AvgIpc) is 2.47. The summed E-state index contributed by atoms with van der Waals surface area (Å²) in [7, 11) is 0. The van der Waals surface area contributed by atoms with Crippen LogP contribution in [0.5, 0.6) is 0 Å². The fourth-order valence-electron chi connectivity index (χ4n) is 2.09. The topological polar surface area (TPSA) is 41.5 Å². The molecule has 0 atom stereocenters. The Balaban J connectivity index is 1.99. The molecular formula is C19H22N2O. The van der Waals surface area contributed by atoms with E-state index in [9.17, 15) is 4.79 Å². The summed E-state index contributed by atoms with van der Waals surface area (Å²) < 4.78 is 0. The van der Waals surface area contributed by atoms with Crippen molar-refractivity contribution in [1.29, 1.82) is 0 Å². The van der Waals surface area contributed by atoms with Gasteiger partial charge in [0.05, 0.1) is 6.21 Å². The maximum Gasteiger partial charge on any atom is 0.271 e. The van der Waals surface area contributed by atoms with Crippen molar-refractivity contribution in [3.05, 3.63) is 70.8 Å². The Morgan fingerprint density at radius 1 is 1.09 bits per heavy atom. The third-order valence-electron chi connectivity index (χ3n) is 3.44. The fraction of sp³-hybridized carbons (Fsp3) is 0.263. The second-order valence-corrected chi connectivity index (χ2v) is 6.44. The molecule has 0 heterocycles. The van der Waals surface area contributed by atoms with Crippen LogP contribution < -0.4 is 5.43 Å². The van der Waals surface area contributed by atoms with Gasteiger partial charge in [-0.3, -0.25) is 4.79 Å². The Bertz CT molecular complexity index is 679. The molecule has 1 N–H and O–H groups in total. The van der Waals surface area contributed by atoms with E-state index in [1.165, 1.54) is 5.56 Å². The van der Waals surface area contributed by atoms with Gasteiger partial charge < -0.3 is 0 Å². The standard InChI is InChI=1S/C19H22N2O/c1-14-6-5-7-16(12-14)18(22)21-20-13-15-8-10-17(11-9-15)19(2,3)4/h5-13H,1-4H3,(H,21,22)/b20-13+. The molecule has 114 valence electrons. The zero-order chi connectivity index (χ0) is 16.2. The number of amides is 1. The van der Waals surface area contributed by atoms with Crippen LogP contribution in [0.4, 0.5) is 0 Å². The first-order valence-corrected chi connectivity index (χ1v) is 7.37. The molecule has 2 rings (SSSR count). The quantitative estimate of drug-likeness (QED) is 0.673. The number of hydrazone groups is 1. The molecule has 2 aromatic rings. The van der Waals surface area contributed by atoms with Gasteiger partial charge in [0.1, 0.15) is 0 Å². The number of rotatable bonds is 3. The highest BCUT2D eigenvalue weighted by molar-refractivity contribution is 5.95. The molecule has 22 heavy (non-hydrogen) atoms. The van der Waals surface area contributed by atoms with Gasteiger partial charge in [0.15, 0.2) is 0 Å². The molecule has 0 aromatic heterocycles. The second kappa shape index (κ2) is 6.56. The highest BCUT2D eigenvalue weighted by Gasteiger charge is 2.12. The van der Waals surface area contributed by atoms with E-state index in [-0.39, 0.29) is 11.3 Å². The number of nitrogens with zero attached hydrogens (tertiary/aromatic N) is 1. The van der Waals surface area contributed by atoms with Crippen molar-refractivity contribution in [3.8, 4) is 0 Å². The van der Waals surface area contributed by atoms with Crippen LogP contribution in [-0.4, -0.2) is 12.1 Å². The molecule has 0 saturated heterocycles. The lowest BCUT2D eigenvalue weighted by Gasteiger charge is -2.18. The zero-order valence-corrected chi connectivity index (χ0v) is 13.6. The van der Waals surface area contributed by atoms with Crippen LogP contribution in [0.2, 0.25) is 0 Å². The maximum atomic E-state index is 11.9. The van der Waals surface area contributed by atoms with Crippen molar-refractivity contribution in [2.45, 2.75) is 33.1 Å². The zero-order valence-electron chi connectivity index (χ0n) is 13.6. The maximum absolute atomic E-state index is 11.9. The molecule has 2 aromatic carbocycles. The van der Waals surface area contributed by atoms with Gasteiger partial charge in [-0.25, -0.2) is 5.43 Å². The minimum absolute atomic E-state index is 0.134. The Morgan fingerprint density at radius 2 is 1.77 bits per heavy atom. The van der Waals surface area contributed by atoms with Crippen LogP contribution in [-0.2, 0) is 5.41 Å². The van der Waals surface area contributed by atoms with Crippen molar-refractivity contribution in [1.82, 2.24) is 5.43 Å². The molecule has 0 saturated carbocycles. The van der Waals surface area contributed by atoms with E-state index >= 15 is 0 Å². The van der Waals surface area contributed by atoms with E-state index in [1.807, 2.05) is 37.3 Å². The molecule has 0 bridgehead atoms. The summed E-state index contributed by atoms with van der Waals surface area (Å²) in [4.78, 5) is 11.9. The van der Waals surface area contributed by atoms with E-state index in [0.717, 1.165) is 11.1 Å². The molecule has 0 aliphatic heterocycles. The summed E-state index contributed by atoms with van der Waals surface area (Å²) in [5.41, 5.74) is 6.57. The Kier molecular flexibility index (Phi) is 4.76. The van der Waals surface area contributed by atoms with Crippen LogP contribution in [0.1, 0.15) is 47.8 Å². The number of carbonyl (C=O) groups excluding carboxylic acids is 1. The summed E-state index contributed by atoms with van der Waals surface area (Å²) in [6.45, 7) is 8.49. The van der Waals surface area contributed by atoms with E-state index in [2.05, 4.69) is 43.4 Å². The van der Waals surface area contributed by atoms with Gasteiger partial charge in [-0.05, 0) is 35.6 Å². The monoisotopic (exact) mass is 294 g/mol. The minimum atomic E-state index is -0.203. The number of benzene rings is 2. The van der Waals surface area contributed by atoms with E-state index in [4.69, 9.17) is 0 Å². The fourth-order valence-corrected chi connectivity index (χ4v) is 2.09. The summed E-state index contributed by atoms with van der Waals surface area (Å²) in [6.07, 6.45) is 1.65. The molecule has 0 fully saturated rings. The molecule has 0 aliphatic carbocycles. The van der Waals surface area contributed by atoms with Gasteiger partial charge in [0, 0.05) is 5.56 Å². The molecule has 3 heteroatoms. The lowest BCUT2D eigenvalue weighted by atomic mass is 9.87. The summed E-state index contributed by atoms with van der Waals surface area (Å²) in [6, 6.07) is 15.6. The highest BCUT2D eigenvalue weighted by atomic mass is 16.2. The van der Waals surface area contributed by atoms with Crippen molar-refractivity contribution in [3.63, 3.8) is 0 Å². The minimum Gasteiger partial charge on any atom is -0.267 e. The van der Waals surface area contributed by atoms with Gasteiger partial charge in [0.25, 0.3) is 5.91 Å². The summed E-state index contributed by atoms with van der Waals surface area (Å²) in [5.74, 6) is -0.203.